The molecule has 1 nitrogen and oxygen atoms in total. The van der Waals surface area contributed by atoms with Crippen LogP contribution in [0.1, 0.15) is 17.7 Å². The third-order valence-electron chi connectivity index (χ3n) is 1.45. The van der Waals surface area contributed by atoms with Crippen molar-refractivity contribution < 1.29 is 26.3 Å². The Morgan fingerprint density at radius 1 is 1.27 bits per heavy atom. The van der Waals surface area contributed by atoms with Crippen molar-refractivity contribution in [2.45, 2.75) is 12.6 Å². The summed E-state index contributed by atoms with van der Waals surface area (Å²) in [5.74, 6) is -1.93. The Morgan fingerprint density at radius 2 is 1.80 bits per heavy atom. The Morgan fingerprint density at radius 3 is 2.13 bits per heavy atom. The molecule has 0 radical (unpaired) electrons. The van der Waals surface area contributed by atoms with Gasteiger partial charge in [0.15, 0.2) is 0 Å². The van der Waals surface area contributed by atoms with Crippen LogP contribution in [0.2, 0.25) is 0 Å². The number of alkyl halides is 5. The average molecular weight is 341 g/mol. The third kappa shape index (κ3) is 2.73. The Bertz CT molecular complexity index is 351. The van der Waals surface area contributed by atoms with Gasteiger partial charge in [0.25, 0.3) is 6.43 Å². The number of nitrogens with zero attached hydrogens (tertiary/aromatic N) is 1. The molecule has 1 heterocycles. The molecule has 15 heavy (non-hydrogen) atoms. The molecular weight excluding hydrogens is 339 g/mol. The smallest absolute Gasteiger partial charge is 0.218 e. The van der Waals surface area contributed by atoms with Crippen LogP contribution < -0.4 is 0 Å². The summed E-state index contributed by atoms with van der Waals surface area (Å²) in [5.41, 5.74) is -2.63. The Kier molecular flexibility index (Phi) is 3.46. The highest BCUT2D eigenvalue weighted by Gasteiger charge is 2.38. The van der Waals surface area contributed by atoms with Crippen molar-refractivity contribution in [1.82, 2.24) is 4.98 Å². The standard InChI is InChI=1S/C7H2F6IN/c8-5(9)3-1-2(14)4(6(10)15-3)7(11,12)13/h1,5H. The van der Waals surface area contributed by atoms with Crippen LogP contribution in [0.5, 0.6) is 0 Å². The van der Waals surface area contributed by atoms with Crippen LogP contribution in [-0.4, -0.2) is 4.98 Å². The molecule has 0 spiro atoms. The fourth-order valence-electron chi connectivity index (χ4n) is 0.866. The fourth-order valence-corrected chi connectivity index (χ4v) is 1.71. The van der Waals surface area contributed by atoms with Crippen LogP contribution in [0.25, 0.3) is 0 Å². The van der Waals surface area contributed by atoms with E-state index in [0.717, 1.165) is 22.6 Å². The zero-order chi connectivity index (χ0) is 11.8. The molecule has 1 rings (SSSR count). The third-order valence-corrected chi connectivity index (χ3v) is 2.30. The molecule has 0 aliphatic rings. The lowest BCUT2D eigenvalue weighted by Gasteiger charge is -2.10. The predicted molar refractivity (Wildman–Crippen MR) is 46.9 cm³/mol. The molecule has 0 saturated carbocycles. The highest BCUT2D eigenvalue weighted by Crippen LogP contribution is 2.35. The molecule has 0 aromatic carbocycles. The van der Waals surface area contributed by atoms with Crippen LogP contribution in [-0.2, 0) is 6.18 Å². The number of rotatable bonds is 1. The summed E-state index contributed by atoms with van der Waals surface area (Å²) in [4.78, 5) is 2.56. The molecule has 0 aliphatic carbocycles. The SMILES string of the molecule is Fc1nc(C(F)F)cc(I)c1C(F)(F)F. The number of hydrogen-bond donors (Lipinski definition) is 0. The number of aromatic nitrogens is 1. The summed E-state index contributed by atoms with van der Waals surface area (Å²) in [6.45, 7) is 0. The van der Waals surface area contributed by atoms with Crippen LogP contribution in [0.15, 0.2) is 6.07 Å². The normalized spacial score (nSPS) is 12.3. The van der Waals surface area contributed by atoms with Crippen LogP contribution in [0, 0.1) is 9.52 Å². The molecule has 0 bridgehead atoms. The van der Waals surface area contributed by atoms with Crippen molar-refractivity contribution in [3.05, 3.63) is 26.8 Å². The zero-order valence-corrected chi connectivity index (χ0v) is 8.91. The minimum absolute atomic E-state index is 0.511. The summed E-state index contributed by atoms with van der Waals surface area (Å²) < 4.78 is 72.8. The molecule has 0 N–H and O–H groups in total. The van der Waals surface area contributed by atoms with Gasteiger partial charge in [0.1, 0.15) is 11.3 Å². The maximum Gasteiger partial charge on any atom is 0.421 e. The predicted octanol–water partition coefficient (Wildman–Crippen LogP) is 3.78. The van der Waals surface area contributed by atoms with Crippen molar-refractivity contribution in [3.8, 4) is 0 Å². The lowest BCUT2D eigenvalue weighted by atomic mass is 10.2. The van der Waals surface area contributed by atoms with Gasteiger partial charge >= 0.3 is 6.18 Å². The van der Waals surface area contributed by atoms with Gasteiger partial charge in [-0.2, -0.15) is 17.6 Å². The van der Waals surface area contributed by atoms with Gasteiger partial charge in [-0.05, 0) is 28.7 Å². The van der Waals surface area contributed by atoms with E-state index in [9.17, 15) is 26.3 Å². The monoisotopic (exact) mass is 341 g/mol. The first kappa shape index (κ1) is 12.5. The molecule has 0 fully saturated rings. The zero-order valence-electron chi connectivity index (χ0n) is 6.75. The summed E-state index contributed by atoms with van der Waals surface area (Å²) in [6, 6.07) is 0.511. The molecule has 1 aromatic heterocycles. The van der Waals surface area contributed by atoms with Gasteiger partial charge in [-0.1, -0.05) is 0 Å². The van der Waals surface area contributed by atoms with E-state index in [2.05, 4.69) is 4.98 Å². The van der Waals surface area contributed by atoms with Crippen LogP contribution in [0.4, 0.5) is 26.3 Å². The number of halogens is 7. The quantitative estimate of drug-likeness (QED) is 0.430. The van der Waals surface area contributed by atoms with E-state index in [1.807, 2.05) is 0 Å². The minimum atomic E-state index is -4.94. The number of pyridine rings is 1. The van der Waals surface area contributed by atoms with Crippen molar-refractivity contribution in [2.24, 2.45) is 0 Å². The fraction of sp³-hybridized carbons (Fsp3) is 0.286. The maximum atomic E-state index is 12.8. The molecule has 0 atom stereocenters. The van der Waals surface area contributed by atoms with Gasteiger partial charge in [-0.25, -0.2) is 13.8 Å². The highest BCUT2D eigenvalue weighted by molar-refractivity contribution is 14.1. The van der Waals surface area contributed by atoms with E-state index in [-0.39, 0.29) is 0 Å². The molecule has 0 amide bonds. The molecule has 0 unspecified atom stereocenters. The first-order valence-corrected chi connectivity index (χ1v) is 4.52. The van der Waals surface area contributed by atoms with Crippen molar-refractivity contribution >= 4 is 22.6 Å². The molecular formula is C7H2F6IN. The lowest BCUT2D eigenvalue weighted by molar-refractivity contribution is -0.141. The molecule has 0 aliphatic heterocycles. The van der Waals surface area contributed by atoms with Gasteiger partial charge in [0.2, 0.25) is 5.95 Å². The maximum absolute atomic E-state index is 12.8. The van der Waals surface area contributed by atoms with Gasteiger partial charge in [0.05, 0.1) is 0 Å². The van der Waals surface area contributed by atoms with Crippen molar-refractivity contribution in [2.75, 3.05) is 0 Å². The Hall–Kier alpha value is -0.540. The average Bonchev–Trinajstić information content (AvgIpc) is 1.99. The van der Waals surface area contributed by atoms with Crippen molar-refractivity contribution in [3.63, 3.8) is 0 Å². The van der Waals surface area contributed by atoms with E-state index in [4.69, 9.17) is 0 Å². The van der Waals surface area contributed by atoms with Gasteiger partial charge < -0.3 is 0 Å². The topological polar surface area (TPSA) is 12.9 Å². The van der Waals surface area contributed by atoms with Crippen LogP contribution >= 0.6 is 22.6 Å². The second kappa shape index (κ2) is 4.14. The van der Waals surface area contributed by atoms with Gasteiger partial charge in [-0.15, -0.1) is 0 Å². The molecule has 0 saturated heterocycles. The van der Waals surface area contributed by atoms with Gasteiger partial charge in [0, 0.05) is 3.57 Å². The number of hydrogen-bond acceptors (Lipinski definition) is 1. The minimum Gasteiger partial charge on any atom is -0.218 e. The van der Waals surface area contributed by atoms with E-state index in [1.54, 1.807) is 0 Å². The summed E-state index contributed by atoms with van der Waals surface area (Å²) in [6.07, 6.45) is -8.04. The summed E-state index contributed by atoms with van der Waals surface area (Å²) in [5, 5.41) is 0. The first-order valence-electron chi connectivity index (χ1n) is 3.44. The molecule has 84 valence electrons. The first-order chi connectivity index (χ1) is 6.73. The second-order valence-electron chi connectivity index (χ2n) is 2.49. The Balaban J connectivity index is 3.34. The largest absolute Gasteiger partial charge is 0.421 e. The summed E-state index contributed by atoms with van der Waals surface area (Å²) in [7, 11) is 0. The van der Waals surface area contributed by atoms with Crippen LogP contribution in [0.3, 0.4) is 0 Å². The van der Waals surface area contributed by atoms with Gasteiger partial charge in [-0.3, -0.25) is 0 Å². The highest BCUT2D eigenvalue weighted by atomic mass is 127. The van der Waals surface area contributed by atoms with Crippen molar-refractivity contribution in [1.29, 1.82) is 0 Å². The summed E-state index contributed by atoms with van der Waals surface area (Å²) >= 11 is 1.14. The van der Waals surface area contributed by atoms with E-state index in [1.165, 1.54) is 0 Å². The van der Waals surface area contributed by atoms with E-state index < -0.39 is 33.4 Å². The molecule has 8 heteroatoms. The van der Waals surface area contributed by atoms with E-state index in [0.29, 0.717) is 6.07 Å². The van der Waals surface area contributed by atoms with E-state index >= 15 is 0 Å². The Labute approximate surface area is 93.6 Å². The second-order valence-corrected chi connectivity index (χ2v) is 3.66. The molecule has 1 aromatic rings. The lowest BCUT2D eigenvalue weighted by Crippen LogP contribution is -2.13.